The Bertz CT molecular complexity index is 716. The third-order valence-electron chi connectivity index (χ3n) is 3.17. The van der Waals surface area contributed by atoms with Crippen LogP contribution in [0.5, 0.6) is 0 Å². The molecule has 6 nitrogen and oxygen atoms in total. The third kappa shape index (κ3) is 2.79. The highest BCUT2D eigenvalue weighted by Gasteiger charge is 2.24. The van der Waals surface area contributed by atoms with Gasteiger partial charge in [-0.15, -0.1) is 0 Å². The van der Waals surface area contributed by atoms with Gasteiger partial charge in [-0.05, 0) is 28.5 Å². The summed E-state index contributed by atoms with van der Waals surface area (Å²) in [5.41, 5.74) is 2.66. The predicted molar refractivity (Wildman–Crippen MR) is 81.1 cm³/mol. The minimum absolute atomic E-state index is 0.221. The van der Waals surface area contributed by atoms with E-state index in [1.807, 2.05) is 16.8 Å². The average Bonchev–Trinajstić information content (AvgIpc) is 3.14. The van der Waals surface area contributed by atoms with Crippen LogP contribution in [0.4, 0.5) is 5.82 Å². The maximum Gasteiger partial charge on any atom is 0.249 e. The van der Waals surface area contributed by atoms with Crippen LogP contribution in [0.25, 0.3) is 6.08 Å². The topological polar surface area (TPSA) is 76.0 Å². The molecule has 0 atom stereocenters. The van der Waals surface area contributed by atoms with E-state index in [9.17, 15) is 9.59 Å². The number of thiophene rings is 1. The number of hydrogen-bond acceptors (Lipinski definition) is 5. The van der Waals surface area contributed by atoms with Gasteiger partial charge >= 0.3 is 0 Å². The maximum absolute atomic E-state index is 12.0. The molecule has 2 aromatic heterocycles. The standard InChI is InChI=1S/C14H14N4O2S/c1-9(19)18-14(11-6-15-7-12(11)17-18)16-13(20)3-2-10-4-5-21-8-10/h2-5,8,15H,6-7H2,1H3,(H,16,20)/b3-2-. The minimum atomic E-state index is -0.279. The van der Waals surface area contributed by atoms with Crippen molar-refractivity contribution in [1.29, 1.82) is 0 Å². The number of nitrogens with one attached hydrogen (secondary N) is 2. The van der Waals surface area contributed by atoms with Gasteiger partial charge in [0.1, 0.15) is 5.82 Å². The lowest BCUT2D eigenvalue weighted by Crippen LogP contribution is -2.19. The summed E-state index contributed by atoms with van der Waals surface area (Å²) in [6.45, 7) is 2.64. The third-order valence-corrected chi connectivity index (χ3v) is 3.87. The summed E-state index contributed by atoms with van der Waals surface area (Å²) in [5, 5.41) is 14.0. The van der Waals surface area contributed by atoms with Gasteiger partial charge in [-0.3, -0.25) is 9.59 Å². The van der Waals surface area contributed by atoms with Gasteiger partial charge in [0.2, 0.25) is 11.8 Å². The number of aromatic nitrogens is 2. The van der Waals surface area contributed by atoms with Crippen molar-refractivity contribution >= 4 is 35.0 Å². The van der Waals surface area contributed by atoms with Gasteiger partial charge in [-0.25, -0.2) is 0 Å². The Balaban J connectivity index is 1.81. The average molecular weight is 302 g/mol. The predicted octanol–water partition coefficient (Wildman–Crippen LogP) is 1.86. The summed E-state index contributed by atoms with van der Waals surface area (Å²) in [7, 11) is 0. The Morgan fingerprint density at radius 1 is 1.48 bits per heavy atom. The fourth-order valence-electron chi connectivity index (χ4n) is 2.19. The van der Waals surface area contributed by atoms with Gasteiger partial charge in [0.15, 0.2) is 0 Å². The van der Waals surface area contributed by atoms with Crippen LogP contribution < -0.4 is 10.6 Å². The SMILES string of the molecule is CC(=O)n1nc2c(c1NC(=O)/C=C\c1ccsc1)CNC2. The summed E-state index contributed by atoms with van der Waals surface area (Å²) in [6.07, 6.45) is 3.19. The molecule has 3 rings (SSSR count). The molecule has 2 N–H and O–H groups in total. The molecule has 1 aliphatic heterocycles. The van der Waals surface area contributed by atoms with Crippen LogP contribution in [0.2, 0.25) is 0 Å². The largest absolute Gasteiger partial charge is 0.307 e. The van der Waals surface area contributed by atoms with Crippen molar-refractivity contribution in [2.24, 2.45) is 0 Å². The molecule has 0 spiro atoms. The highest BCUT2D eigenvalue weighted by atomic mass is 32.1. The summed E-state index contributed by atoms with van der Waals surface area (Å²) in [6, 6.07) is 1.93. The first-order valence-corrected chi connectivity index (χ1v) is 7.43. The van der Waals surface area contributed by atoms with Crippen LogP contribution in [0.1, 0.15) is 28.5 Å². The second-order valence-corrected chi connectivity index (χ2v) is 5.47. The number of anilines is 1. The van der Waals surface area contributed by atoms with Crippen molar-refractivity contribution in [3.63, 3.8) is 0 Å². The molecular formula is C14H14N4O2S. The molecule has 2 aromatic rings. The molecule has 0 unspecified atom stereocenters. The van der Waals surface area contributed by atoms with E-state index in [2.05, 4.69) is 15.7 Å². The Kier molecular flexibility index (Phi) is 3.68. The Hall–Kier alpha value is -2.25. The zero-order valence-electron chi connectivity index (χ0n) is 11.4. The van der Waals surface area contributed by atoms with Crippen molar-refractivity contribution in [3.05, 3.63) is 39.7 Å². The zero-order chi connectivity index (χ0) is 14.8. The second kappa shape index (κ2) is 5.63. The molecule has 7 heteroatoms. The first-order chi connectivity index (χ1) is 10.1. The van der Waals surface area contributed by atoms with Crippen molar-refractivity contribution in [3.8, 4) is 0 Å². The van der Waals surface area contributed by atoms with Gasteiger partial charge in [-0.1, -0.05) is 0 Å². The van der Waals surface area contributed by atoms with E-state index in [0.717, 1.165) is 16.8 Å². The second-order valence-electron chi connectivity index (χ2n) is 4.69. The lowest BCUT2D eigenvalue weighted by Gasteiger charge is -2.06. The molecule has 1 amide bonds. The van der Waals surface area contributed by atoms with E-state index in [0.29, 0.717) is 18.9 Å². The van der Waals surface area contributed by atoms with Crippen LogP contribution in [0.3, 0.4) is 0 Å². The monoisotopic (exact) mass is 302 g/mol. The van der Waals surface area contributed by atoms with Gasteiger partial charge < -0.3 is 10.6 Å². The van der Waals surface area contributed by atoms with Gasteiger partial charge in [0.25, 0.3) is 0 Å². The lowest BCUT2D eigenvalue weighted by atomic mass is 10.2. The number of hydrogen-bond donors (Lipinski definition) is 2. The molecule has 0 aromatic carbocycles. The van der Waals surface area contributed by atoms with Crippen molar-refractivity contribution in [2.75, 3.05) is 5.32 Å². The highest BCUT2D eigenvalue weighted by molar-refractivity contribution is 7.08. The van der Waals surface area contributed by atoms with Crippen LogP contribution in [0.15, 0.2) is 22.9 Å². The molecule has 0 bridgehead atoms. The molecule has 0 saturated heterocycles. The van der Waals surface area contributed by atoms with Crippen LogP contribution in [-0.2, 0) is 17.9 Å². The fraction of sp³-hybridized carbons (Fsp3) is 0.214. The number of carbonyl (C=O) groups is 2. The summed E-state index contributed by atoms with van der Waals surface area (Å²) in [5.74, 6) is -0.0396. The quantitative estimate of drug-likeness (QED) is 0.849. The maximum atomic E-state index is 12.0. The van der Waals surface area contributed by atoms with Crippen LogP contribution >= 0.6 is 11.3 Å². The van der Waals surface area contributed by atoms with E-state index in [4.69, 9.17) is 0 Å². The smallest absolute Gasteiger partial charge is 0.249 e. The number of nitrogens with zero attached hydrogens (tertiary/aromatic N) is 2. The van der Waals surface area contributed by atoms with Crippen LogP contribution in [-0.4, -0.2) is 21.6 Å². The molecule has 3 heterocycles. The number of fused-ring (bicyclic) bond motifs is 1. The molecule has 0 aliphatic carbocycles. The zero-order valence-corrected chi connectivity index (χ0v) is 12.2. The van der Waals surface area contributed by atoms with Crippen molar-refractivity contribution in [1.82, 2.24) is 15.1 Å². The van der Waals surface area contributed by atoms with E-state index in [-0.39, 0.29) is 11.8 Å². The number of rotatable bonds is 3. The minimum Gasteiger partial charge on any atom is -0.307 e. The molecular weight excluding hydrogens is 288 g/mol. The van der Waals surface area contributed by atoms with Crippen molar-refractivity contribution < 1.29 is 9.59 Å². The summed E-state index contributed by atoms with van der Waals surface area (Å²) in [4.78, 5) is 23.6. The van der Waals surface area contributed by atoms with Crippen LogP contribution in [0, 0.1) is 0 Å². The van der Waals surface area contributed by atoms with Gasteiger partial charge in [0, 0.05) is 31.7 Å². The van der Waals surface area contributed by atoms with E-state index in [1.165, 1.54) is 17.7 Å². The number of carbonyl (C=O) groups excluding carboxylic acids is 2. The number of amides is 1. The highest BCUT2D eigenvalue weighted by Crippen LogP contribution is 2.24. The molecule has 21 heavy (non-hydrogen) atoms. The first-order valence-electron chi connectivity index (χ1n) is 6.49. The molecule has 0 saturated carbocycles. The Labute approximate surface area is 125 Å². The van der Waals surface area contributed by atoms with Gasteiger partial charge in [0.05, 0.1) is 5.69 Å². The Morgan fingerprint density at radius 2 is 2.33 bits per heavy atom. The fourth-order valence-corrected chi connectivity index (χ4v) is 2.81. The van der Waals surface area contributed by atoms with Crippen molar-refractivity contribution in [2.45, 2.75) is 20.0 Å². The molecule has 1 aliphatic rings. The molecule has 108 valence electrons. The lowest BCUT2D eigenvalue weighted by molar-refractivity contribution is -0.111. The Morgan fingerprint density at radius 3 is 3.05 bits per heavy atom. The molecule has 0 fully saturated rings. The van der Waals surface area contributed by atoms with E-state index in [1.54, 1.807) is 17.4 Å². The normalized spacial score (nSPS) is 13.6. The summed E-state index contributed by atoms with van der Waals surface area (Å²) >= 11 is 1.57. The summed E-state index contributed by atoms with van der Waals surface area (Å²) < 4.78 is 1.25. The van der Waals surface area contributed by atoms with E-state index < -0.39 is 0 Å². The van der Waals surface area contributed by atoms with E-state index >= 15 is 0 Å². The van der Waals surface area contributed by atoms with Gasteiger partial charge in [-0.2, -0.15) is 21.1 Å². The first kappa shape index (κ1) is 13.7. The molecule has 0 radical (unpaired) electrons.